The van der Waals surface area contributed by atoms with E-state index in [1.807, 2.05) is 13.0 Å². The summed E-state index contributed by atoms with van der Waals surface area (Å²) in [7, 11) is 1.81. The summed E-state index contributed by atoms with van der Waals surface area (Å²) in [5.74, 6) is -0.0347. The van der Waals surface area contributed by atoms with E-state index in [2.05, 4.69) is 33.3 Å². The first kappa shape index (κ1) is 14.2. The van der Waals surface area contributed by atoms with Gasteiger partial charge in [-0.05, 0) is 25.3 Å². The molecular formula is C12H20BrN3O. The van der Waals surface area contributed by atoms with Crippen LogP contribution in [0.25, 0.3) is 0 Å². The minimum atomic E-state index is -0.0347. The Balaban J connectivity index is 2.71. The number of carbonyl (C=O) groups excluding carboxylic acids is 1. The minimum absolute atomic E-state index is 0.0347. The van der Waals surface area contributed by atoms with Gasteiger partial charge in [-0.3, -0.25) is 9.48 Å². The van der Waals surface area contributed by atoms with Crippen LogP contribution in [0.1, 0.15) is 42.9 Å². The Morgan fingerprint density at radius 1 is 1.59 bits per heavy atom. The third-order valence-corrected chi connectivity index (χ3v) is 3.27. The molecule has 0 fully saturated rings. The summed E-state index contributed by atoms with van der Waals surface area (Å²) in [4.78, 5) is 12.1. The predicted molar refractivity (Wildman–Crippen MR) is 72.5 cm³/mol. The lowest BCUT2D eigenvalue weighted by Gasteiger charge is -2.15. The highest BCUT2D eigenvalue weighted by molar-refractivity contribution is 9.09. The average molecular weight is 302 g/mol. The SMILES string of the molecule is CCc1cc(C(=O)NC(CC)CCBr)n(C)n1. The number of amides is 1. The summed E-state index contributed by atoms with van der Waals surface area (Å²) in [5.41, 5.74) is 1.58. The fraction of sp³-hybridized carbons (Fsp3) is 0.667. The lowest BCUT2D eigenvalue weighted by atomic mass is 10.1. The van der Waals surface area contributed by atoms with Crippen molar-refractivity contribution in [2.45, 2.75) is 39.2 Å². The highest BCUT2D eigenvalue weighted by Crippen LogP contribution is 2.06. The van der Waals surface area contributed by atoms with E-state index in [-0.39, 0.29) is 11.9 Å². The van der Waals surface area contributed by atoms with E-state index in [1.54, 1.807) is 11.7 Å². The van der Waals surface area contributed by atoms with Crippen molar-refractivity contribution < 1.29 is 4.79 Å². The third-order valence-electron chi connectivity index (χ3n) is 2.81. The van der Waals surface area contributed by atoms with E-state index in [0.29, 0.717) is 5.69 Å². The fourth-order valence-electron chi connectivity index (χ4n) is 1.68. The zero-order valence-electron chi connectivity index (χ0n) is 10.7. The highest BCUT2D eigenvalue weighted by Gasteiger charge is 2.15. The maximum Gasteiger partial charge on any atom is 0.269 e. The molecule has 0 aliphatic rings. The number of nitrogens with zero attached hydrogens (tertiary/aromatic N) is 2. The summed E-state index contributed by atoms with van der Waals surface area (Å²) in [5, 5.41) is 8.21. The topological polar surface area (TPSA) is 46.9 Å². The van der Waals surface area contributed by atoms with Gasteiger partial charge in [-0.25, -0.2) is 0 Å². The molecule has 1 unspecified atom stereocenters. The molecule has 1 aromatic rings. The lowest BCUT2D eigenvalue weighted by Crippen LogP contribution is -2.35. The van der Waals surface area contributed by atoms with Gasteiger partial charge in [0.15, 0.2) is 0 Å². The van der Waals surface area contributed by atoms with E-state index in [4.69, 9.17) is 0 Å². The molecule has 1 rings (SSSR count). The number of aromatic nitrogens is 2. The summed E-state index contributed by atoms with van der Waals surface area (Å²) < 4.78 is 1.65. The number of halogens is 1. The monoisotopic (exact) mass is 301 g/mol. The summed E-state index contributed by atoms with van der Waals surface area (Å²) in [6.45, 7) is 4.11. The van der Waals surface area contributed by atoms with Gasteiger partial charge in [0, 0.05) is 18.4 Å². The molecule has 0 aliphatic heterocycles. The second-order valence-electron chi connectivity index (χ2n) is 4.05. The number of nitrogens with one attached hydrogen (secondary N) is 1. The van der Waals surface area contributed by atoms with Gasteiger partial charge in [0.2, 0.25) is 0 Å². The van der Waals surface area contributed by atoms with Gasteiger partial charge >= 0.3 is 0 Å². The maximum absolute atomic E-state index is 12.1. The van der Waals surface area contributed by atoms with Gasteiger partial charge in [-0.1, -0.05) is 29.8 Å². The predicted octanol–water partition coefficient (Wildman–Crippen LogP) is 2.28. The van der Waals surface area contributed by atoms with Crippen LogP contribution in [0, 0.1) is 0 Å². The Labute approximate surface area is 111 Å². The summed E-state index contributed by atoms with van der Waals surface area (Å²) >= 11 is 3.40. The Kier molecular flexibility index (Phi) is 5.68. The molecule has 1 amide bonds. The van der Waals surface area contributed by atoms with Gasteiger partial charge in [0.25, 0.3) is 5.91 Å². The lowest BCUT2D eigenvalue weighted by molar-refractivity contribution is 0.0925. The molecule has 0 spiro atoms. The van der Waals surface area contributed by atoms with E-state index < -0.39 is 0 Å². The molecule has 5 heteroatoms. The molecular weight excluding hydrogens is 282 g/mol. The van der Waals surface area contributed by atoms with Gasteiger partial charge in [-0.2, -0.15) is 5.10 Å². The third kappa shape index (κ3) is 3.84. The smallest absolute Gasteiger partial charge is 0.269 e. The Morgan fingerprint density at radius 3 is 2.76 bits per heavy atom. The van der Waals surface area contributed by atoms with Crippen LogP contribution in [0.4, 0.5) is 0 Å². The first-order valence-electron chi connectivity index (χ1n) is 6.02. The summed E-state index contributed by atoms with van der Waals surface area (Å²) in [6.07, 6.45) is 2.73. The van der Waals surface area contributed by atoms with Crippen LogP contribution in [0.3, 0.4) is 0 Å². The fourth-order valence-corrected chi connectivity index (χ4v) is 2.23. The Morgan fingerprint density at radius 2 is 2.29 bits per heavy atom. The van der Waals surface area contributed by atoms with Crippen LogP contribution in [-0.2, 0) is 13.5 Å². The van der Waals surface area contributed by atoms with Crippen molar-refractivity contribution in [3.05, 3.63) is 17.5 Å². The molecule has 17 heavy (non-hydrogen) atoms. The second kappa shape index (κ2) is 6.79. The van der Waals surface area contributed by atoms with Gasteiger partial charge < -0.3 is 5.32 Å². The van der Waals surface area contributed by atoms with Gasteiger partial charge in [0.05, 0.1) is 5.69 Å². The Hall–Kier alpha value is -0.840. The van der Waals surface area contributed by atoms with Crippen molar-refractivity contribution in [2.75, 3.05) is 5.33 Å². The van der Waals surface area contributed by atoms with E-state index in [1.165, 1.54) is 0 Å². The molecule has 1 heterocycles. The zero-order chi connectivity index (χ0) is 12.8. The standard InChI is InChI=1S/C12H20BrN3O/c1-4-9(6-7-13)14-12(17)11-8-10(5-2)15-16(11)3/h8-9H,4-7H2,1-3H3,(H,14,17). The van der Waals surface area contributed by atoms with Crippen molar-refractivity contribution >= 4 is 21.8 Å². The average Bonchev–Trinajstić information content (AvgIpc) is 2.70. The molecule has 1 atom stereocenters. The number of hydrogen-bond donors (Lipinski definition) is 1. The van der Waals surface area contributed by atoms with Crippen LogP contribution in [0.15, 0.2) is 6.07 Å². The van der Waals surface area contributed by atoms with Crippen molar-refractivity contribution in [2.24, 2.45) is 7.05 Å². The minimum Gasteiger partial charge on any atom is -0.348 e. The normalized spacial score (nSPS) is 12.5. The van der Waals surface area contributed by atoms with Crippen molar-refractivity contribution in [1.82, 2.24) is 15.1 Å². The first-order valence-corrected chi connectivity index (χ1v) is 7.14. The van der Waals surface area contributed by atoms with E-state index >= 15 is 0 Å². The number of aryl methyl sites for hydroxylation is 2. The number of alkyl halides is 1. The molecule has 4 nitrogen and oxygen atoms in total. The quantitative estimate of drug-likeness (QED) is 0.820. The van der Waals surface area contributed by atoms with E-state index in [0.717, 1.165) is 30.3 Å². The van der Waals surface area contributed by atoms with Crippen molar-refractivity contribution in [3.63, 3.8) is 0 Å². The molecule has 0 saturated heterocycles. The maximum atomic E-state index is 12.1. The van der Waals surface area contributed by atoms with Crippen LogP contribution < -0.4 is 5.32 Å². The zero-order valence-corrected chi connectivity index (χ0v) is 12.2. The van der Waals surface area contributed by atoms with Crippen LogP contribution >= 0.6 is 15.9 Å². The Bertz CT molecular complexity index is 376. The van der Waals surface area contributed by atoms with E-state index in [9.17, 15) is 4.79 Å². The van der Waals surface area contributed by atoms with Crippen LogP contribution in [0.2, 0.25) is 0 Å². The number of carbonyl (C=O) groups is 1. The number of hydrogen-bond acceptors (Lipinski definition) is 2. The molecule has 0 saturated carbocycles. The molecule has 0 radical (unpaired) electrons. The summed E-state index contributed by atoms with van der Waals surface area (Å²) in [6, 6.07) is 2.08. The first-order chi connectivity index (χ1) is 8.12. The van der Waals surface area contributed by atoms with Gasteiger partial charge in [-0.15, -0.1) is 0 Å². The van der Waals surface area contributed by atoms with Crippen molar-refractivity contribution in [1.29, 1.82) is 0 Å². The second-order valence-corrected chi connectivity index (χ2v) is 4.85. The molecule has 0 bridgehead atoms. The molecule has 0 aromatic carbocycles. The highest BCUT2D eigenvalue weighted by atomic mass is 79.9. The van der Waals surface area contributed by atoms with Gasteiger partial charge in [0.1, 0.15) is 5.69 Å². The van der Waals surface area contributed by atoms with Crippen molar-refractivity contribution in [3.8, 4) is 0 Å². The largest absolute Gasteiger partial charge is 0.348 e. The number of rotatable bonds is 6. The molecule has 1 aromatic heterocycles. The molecule has 0 aliphatic carbocycles. The van der Waals surface area contributed by atoms with Crippen LogP contribution in [-0.4, -0.2) is 27.1 Å². The molecule has 1 N–H and O–H groups in total. The molecule has 96 valence electrons. The van der Waals surface area contributed by atoms with Crippen LogP contribution in [0.5, 0.6) is 0 Å².